The second kappa shape index (κ2) is 15.4. The zero-order chi connectivity index (χ0) is 28.1. The summed E-state index contributed by atoms with van der Waals surface area (Å²) in [5, 5.41) is 26.2. The number of benzene rings is 1. The maximum absolute atomic E-state index is 12.0. The molecule has 2 N–H and O–H groups in total. The number of aromatic nitrogens is 1. The number of esters is 3. The summed E-state index contributed by atoms with van der Waals surface area (Å²) in [6.07, 6.45) is 3.06. The fraction of sp³-hybridized carbons (Fsp3) is 0.375. The molecule has 0 fully saturated rings. The Kier molecular flexibility index (Phi) is 12.3. The Balaban J connectivity index is 2.21. The Bertz CT molecular complexity index is 1190. The standard InChI is InChI=1S/C24H28ClN5O7S/c1-4-11-37-23(34)15(14-26)12-19-22(25)27-24(38-19)29-28-17-6-5-16(13-18(17)31)30(9-7-20(32)35-2)10-8-21(33)36-3/h5-6,12-14,26,31H,4,7-11H2,1-3H3/b15-12+,26-14?,29-28?. The van der Waals surface area contributed by atoms with Crippen LogP contribution >= 0.6 is 22.9 Å². The van der Waals surface area contributed by atoms with Crippen LogP contribution in [-0.4, -0.2) is 68.1 Å². The van der Waals surface area contributed by atoms with Crippen LogP contribution in [-0.2, 0) is 28.6 Å². The van der Waals surface area contributed by atoms with Gasteiger partial charge in [0.1, 0.15) is 16.6 Å². The van der Waals surface area contributed by atoms with Gasteiger partial charge in [-0.2, -0.15) is 0 Å². The summed E-state index contributed by atoms with van der Waals surface area (Å²) in [4.78, 5) is 41.4. The Hall–Kier alpha value is -3.84. The molecule has 2 aromatic rings. The van der Waals surface area contributed by atoms with Crippen molar-refractivity contribution in [1.82, 2.24) is 4.98 Å². The zero-order valence-electron chi connectivity index (χ0n) is 21.1. The molecule has 204 valence electrons. The zero-order valence-corrected chi connectivity index (χ0v) is 22.7. The molecule has 0 radical (unpaired) electrons. The monoisotopic (exact) mass is 565 g/mol. The van der Waals surface area contributed by atoms with E-state index >= 15 is 0 Å². The van der Waals surface area contributed by atoms with E-state index in [4.69, 9.17) is 21.7 Å². The molecule has 0 atom stereocenters. The highest BCUT2D eigenvalue weighted by atomic mass is 35.5. The van der Waals surface area contributed by atoms with Crippen LogP contribution in [0.25, 0.3) is 6.08 Å². The molecule has 12 nitrogen and oxygen atoms in total. The Morgan fingerprint density at radius 2 is 1.82 bits per heavy atom. The van der Waals surface area contributed by atoms with E-state index in [9.17, 15) is 19.5 Å². The average Bonchev–Trinajstić information content (AvgIpc) is 3.27. The van der Waals surface area contributed by atoms with Crippen LogP contribution in [0.5, 0.6) is 5.75 Å². The minimum Gasteiger partial charge on any atom is -0.506 e. The highest BCUT2D eigenvalue weighted by molar-refractivity contribution is 7.16. The number of phenolic OH excluding ortho intramolecular Hbond substituents is 1. The predicted molar refractivity (Wildman–Crippen MR) is 143 cm³/mol. The molecule has 0 bridgehead atoms. The molecule has 1 aromatic heterocycles. The first-order valence-electron chi connectivity index (χ1n) is 11.4. The number of carbonyl (C=O) groups is 3. The molecule has 0 aliphatic heterocycles. The molecule has 2 rings (SSSR count). The number of anilines is 1. The quantitative estimate of drug-likeness (QED) is 0.107. The van der Waals surface area contributed by atoms with Crippen molar-refractivity contribution in [3.8, 4) is 5.75 Å². The lowest BCUT2D eigenvalue weighted by Gasteiger charge is -2.24. The van der Waals surface area contributed by atoms with Crippen molar-refractivity contribution in [3.63, 3.8) is 0 Å². The van der Waals surface area contributed by atoms with Gasteiger partial charge in [0.15, 0.2) is 0 Å². The fourth-order valence-corrected chi connectivity index (χ4v) is 3.96. The van der Waals surface area contributed by atoms with Gasteiger partial charge in [-0.05, 0) is 24.6 Å². The lowest BCUT2D eigenvalue weighted by Crippen LogP contribution is -2.29. The van der Waals surface area contributed by atoms with Crippen LogP contribution in [0.1, 0.15) is 31.1 Å². The largest absolute Gasteiger partial charge is 0.506 e. The number of methoxy groups -OCH3 is 2. The first-order valence-corrected chi connectivity index (χ1v) is 12.6. The molecule has 1 aromatic carbocycles. The second-order valence-electron chi connectivity index (χ2n) is 7.54. The van der Waals surface area contributed by atoms with Gasteiger partial charge in [-0.25, -0.2) is 9.78 Å². The van der Waals surface area contributed by atoms with E-state index in [2.05, 4.69) is 24.7 Å². The van der Waals surface area contributed by atoms with Gasteiger partial charge in [-0.3, -0.25) is 9.59 Å². The molecular weight excluding hydrogens is 538 g/mol. The van der Waals surface area contributed by atoms with Crippen LogP contribution in [0.15, 0.2) is 34.0 Å². The molecule has 0 saturated carbocycles. The van der Waals surface area contributed by atoms with Crippen LogP contribution in [0.4, 0.5) is 16.5 Å². The Morgan fingerprint density at radius 1 is 1.16 bits per heavy atom. The minimum absolute atomic E-state index is 0.00433. The topological polar surface area (TPSA) is 164 Å². The number of ether oxygens (including phenoxy) is 3. The second-order valence-corrected chi connectivity index (χ2v) is 8.91. The molecule has 0 amide bonds. The van der Waals surface area contributed by atoms with Gasteiger partial charge in [0.2, 0.25) is 5.13 Å². The SMILES string of the molecule is CCCOC(=O)/C(C=N)=C/c1sc(N=Nc2ccc(N(CCC(=O)OC)CCC(=O)OC)cc2O)nc1Cl. The summed E-state index contributed by atoms with van der Waals surface area (Å²) in [5.41, 5.74) is 0.694. The van der Waals surface area contributed by atoms with Crippen molar-refractivity contribution in [2.24, 2.45) is 10.2 Å². The number of thiazole rings is 1. The maximum Gasteiger partial charge on any atom is 0.339 e. The number of hydrogen-bond acceptors (Lipinski definition) is 13. The third kappa shape index (κ3) is 9.23. The molecular formula is C24H28ClN5O7S. The molecule has 0 aliphatic rings. The fourth-order valence-electron chi connectivity index (χ4n) is 2.93. The lowest BCUT2D eigenvalue weighted by atomic mass is 10.2. The molecule has 38 heavy (non-hydrogen) atoms. The molecule has 0 spiro atoms. The van der Waals surface area contributed by atoms with E-state index in [1.165, 1.54) is 32.4 Å². The summed E-state index contributed by atoms with van der Waals surface area (Å²) >= 11 is 7.19. The Morgan fingerprint density at radius 3 is 2.37 bits per heavy atom. The maximum atomic E-state index is 12.0. The highest BCUT2D eigenvalue weighted by Crippen LogP contribution is 2.35. The van der Waals surface area contributed by atoms with Gasteiger partial charge in [0.05, 0.1) is 44.1 Å². The number of aromatic hydroxyl groups is 1. The van der Waals surface area contributed by atoms with Gasteiger partial charge < -0.3 is 29.6 Å². The summed E-state index contributed by atoms with van der Waals surface area (Å²) < 4.78 is 14.4. The van der Waals surface area contributed by atoms with Gasteiger partial charge in [0.25, 0.3) is 0 Å². The number of carbonyl (C=O) groups excluding carboxylic acids is 3. The van der Waals surface area contributed by atoms with Gasteiger partial charge in [-0.15, -0.1) is 10.2 Å². The number of nitrogens with one attached hydrogen (secondary N) is 1. The van der Waals surface area contributed by atoms with Crippen molar-refractivity contribution < 1.29 is 33.7 Å². The summed E-state index contributed by atoms with van der Waals surface area (Å²) in [6, 6.07) is 4.61. The van der Waals surface area contributed by atoms with Crippen LogP contribution in [0.3, 0.4) is 0 Å². The first kappa shape index (κ1) is 30.4. The molecule has 0 aliphatic carbocycles. The number of azo groups is 1. The van der Waals surface area contributed by atoms with E-state index in [0.29, 0.717) is 17.0 Å². The van der Waals surface area contributed by atoms with Crippen LogP contribution in [0, 0.1) is 5.41 Å². The van der Waals surface area contributed by atoms with Gasteiger partial charge >= 0.3 is 17.9 Å². The van der Waals surface area contributed by atoms with E-state index < -0.39 is 17.9 Å². The summed E-state index contributed by atoms with van der Waals surface area (Å²) in [5.74, 6) is -1.67. The van der Waals surface area contributed by atoms with Crippen LogP contribution < -0.4 is 4.90 Å². The number of phenols is 1. The first-order chi connectivity index (χ1) is 18.2. The van der Waals surface area contributed by atoms with Crippen molar-refractivity contribution in [1.29, 1.82) is 5.41 Å². The van der Waals surface area contributed by atoms with Crippen LogP contribution in [0.2, 0.25) is 5.15 Å². The van der Waals surface area contributed by atoms with Crippen molar-refractivity contribution in [3.05, 3.63) is 33.8 Å². The number of halogens is 1. The van der Waals surface area contributed by atoms with Crippen molar-refractivity contribution >= 4 is 69.6 Å². The third-order valence-corrected chi connectivity index (χ3v) is 6.19. The van der Waals surface area contributed by atoms with E-state index in [1.807, 2.05) is 6.92 Å². The van der Waals surface area contributed by atoms with E-state index in [1.54, 1.807) is 11.0 Å². The number of nitrogens with zero attached hydrogens (tertiary/aromatic N) is 4. The normalized spacial score (nSPS) is 11.3. The number of hydrogen-bond donors (Lipinski definition) is 2. The summed E-state index contributed by atoms with van der Waals surface area (Å²) in [6.45, 7) is 2.59. The van der Waals surface area contributed by atoms with Gasteiger partial charge in [0, 0.05) is 31.1 Å². The molecule has 0 unspecified atom stereocenters. The van der Waals surface area contributed by atoms with Crippen molar-refractivity contribution in [2.45, 2.75) is 26.2 Å². The minimum atomic E-state index is -0.647. The highest BCUT2D eigenvalue weighted by Gasteiger charge is 2.15. The smallest absolute Gasteiger partial charge is 0.339 e. The van der Waals surface area contributed by atoms with Gasteiger partial charge in [-0.1, -0.05) is 29.9 Å². The lowest BCUT2D eigenvalue weighted by molar-refractivity contribution is -0.140. The number of rotatable bonds is 14. The molecule has 14 heteroatoms. The third-order valence-electron chi connectivity index (χ3n) is 4.91. The van der Waals surface area contributed by atoms with E-state index in [-0.39, 0.29) is 59.8 Å². The predicted octanol–water partition coefficient (Wildman–Crippen LogP) is 4.84. The summed E-state index contributed by atoms with van der Waals surface area (Å²) in [7, 11) is 2.58. The van der Waals surface area contributed by atoms with Crippen molar-refractivity contribution in [2.75, 3.05) is 38.8 Å². The van der Waals surface area contributed by atoms with E-state index in [0.717, 1.165) is 17.6 Å². The Labute approximate surface area is 228 Å². The molecule has 1 heterocycles. The average molecular weight is 566 g/mol. The molecule has 0 saturated heterocycles.